The Labute approximate surface area is 163 Å². The average molecular weight is 374 g/mol. The van der Waals surface area contributed by atoms with Crippen LogP contribution in [0.4, 0.5) is 5.69 Å². The van der Waals surface area contributed by atoms with Crippen molar-refractivity contribution < 1.29 is 14.3 Å². The number of fused-ring (bicyclic) bond motifs is 2. The van der Waals surface area contributed by atoms with Crippen molar-refractivity contribution in [2.45, 2.75) is 31.9 Å². The molecular formula is C23H22N2O3. The van der Waals surface area contributed by atoms with Gasteiger partial charge in [-0.25, -0.2) is 0 Å². The van der Waals surface area contributed by atoms with Gasteiger partial charge in [-0.3, -0.25) is 9.59 Å². The zero-order valence-corrected chi connectivity index (χ0v) is 15.9. The third-order valence-electron chi connectivity index (χ3n) is 5.12. The maximum Gasteiger partial charge on any atom is 0.268 e. The number of rotatable bonds is 4. The lowest BCUT2D eigenvalue weighted by Gasteiger charge is -2.34. The quantitative estimate of drug-likeness (QED) is 0.719. The van der Waals surface area contributed by atoms with Gasteiger partial charge in [0, 0.05) is 0 Å². The van der Waals surface area contributed by atoms with Crippen LogP contribution >= 0.6 is 0 Å². The maximum absolute atomic E-state index is 12.7. The van der Waals surface area contributed by atoms with E-state index < -0.39 is 5.60 Å². The van der Waals surface area contributed by atoms with Crippen LogP contribution in [0.5, 0.6) is 5.75 Å². The molecule has 1 aliphatic rings. The van der Waals surface area contributed by atoms with E-state index in [1.54, 1.807) is 19.1 Å². The Bertz CT molecular complexity index is 1060. The molecule has 0 aromatic heterocycles. The second-order valence-electron chi connectivity index (χ2n) is 7.32. The number of hydrogen-bond acceptors (Lipinski definition) is 3. The first-order chi connectivity index (χ1) is 13.5. The van der Waals surface area contributed by atoms with E-state index >= 15 is 0 Å². The molecule has 4 rings (SSSR count). The van der Waals surface area contributed by atoms with Crippen LogP contribution < -0.4 is 15.4 Å². The molecule has 0 saturated carbocycles. The van der Waals surface area contributed by atoms with Crippen molar-refractivity contribution >= 4 is 28.3 Å². The highest BCUT2D eigenvalue weighted by Gasteiger charge is 2.42. The van der Waals surface area contributed by atoms with E-state index in [-0.39, 0.29) is 24.3 Å². The van der Waals surface area contributed by atoms with E-state index in [1.807, 2.05) is 61.5 Å². The summed E-state index contributed by atoms with van der Waals surface area (Å²) in [4.78, 5) is 25.3. The first-order valence-corrected chi connectivity index (χ1v) is 9.33. The van der Waals surface area contributed by atoms with Gasteiger partial charge in [-0.05, 0) is 42.3 Å². The summed E-state index contributed by atoms with van der Waals surface area (Å²) in [5, 5.41) is 8.05. The van der Waals surface area contributed by atoms with Gasteiger partial charge in [-0.1, -0.05) is 54.6 Å². The molecule has 0 bridgehead atoms. The van der Waals surface area contributed by atoms with Crippen LogP contribution in [0, 0.1) is 0 Å². The zero-order chi connectivity index (χ0) is 19.7. The molecule has 2 amide bonds. The Hall–Kier alpha value is -3.34. The smallest absolute Gasteiger partial charge is 0.268 e. The van der Waals surface area contributed by atoms with Gasteiger partial charge in [-0.15, -0.1) is 0 Å². The Balaban J connectivity index is 1.50. The van der Waals surface area contributed by atoms with Gasteiger partial charge in [0.25, 0.3) is 5.91 Å². The van der Waals surface area contributed by atoms with Gasteiger partial charge in [0.05, 0.1) is 18.2 Å². The van der Waals surface area contributed by atoms with Crippen LogP contribution in [0.3, 0.4) is 0 Å². The maximum atomic E-state index is 12.7. The summed E-state index contributed by atoms with van der Waals surface area (Å²) >= 11 is 0. The summed E-state index contributed by atoms with van der Waals surface area (Å²) in [7, 11) is 0. The van der Waals surface area contributed by atoms with Crippen LogP contribution in [0.2, 0.25) is 0 Å². The molecule has 5 heteroatoms. The Morgan fingerprint density at radius 1 is 1.07 bits per heavy atom. The summed E-state index contributed by atoms with van der Waals surface area (Å²) in [6, 6.07) is 21.1. The predicted octanol–water partition coefficient (Wildman–Crippen LogP) is 4.20. The summed E-state index contributed by atoms with van der Waals surface area (Å²) in [5.74, 6) is 0.0103. The third kappa shape index (κ3) is 3.31. The minimum atomic E-state index is -1.25. The Kier molecular flexibility index (Phi) is 4.51. The fourth-order valence-electron chi connectivity index (χ4n) is 3.62. The first kappa shape index (κ1) is 18.0. The van der Waals surface area contributed by atoms with Gasteiger partial charge in [0.2, 0.25) is 5.91 Å². The number of anilines is 1. The van der Waals surface area contributed by atoms with Crippen LogP contribution in [-0.2, 0) is 9.59 Å². The molecule has 3 aromatic rings. The lowest BCUT2D eigenvalue weighted by Crippen LogP contribution is -2.51. The average Bonchev–Trinajstić information content (AvgIpc) is 2.68. The second kappa shape index (κ2) is 7.00. The van der Waals surface area contributed by atoms with Gasteiger partial charge < -0.3 is 15.4 Å². The SMILES string of the molecule is CC(NC(=O)CC1(C)Oc2ccccc2NC1=O)c1cccc2ccccc12. The van der Waals surface area contributed by atoms with Crippen molar-refractivity contribution in [3.63, 3.8) is 0 Å². The number of ether oxygens (including phenoxy) is 1. The normalized spacial score (nSPS) is 19.3. The Morgan fingerprint density at radius 2 is 1.79 bits per heavy atom. The highest BCUT2D eigenvalue weighted by atomic mass is 16.5. The lowest BCUT2D eigenvalue weighted by atomic mass is 9.96. The molecule has 0 radical (unpaired) electrons. The topological polar surface area (TPSA) is 67.4 Å². The summed E-state index contributed by atoms with van der Waals surface area (Å²) in [6.45, 7) is 3.58. The van der Waals surface area contributed by atoms with E-state index in [1.165, 1.54) is 0 Å². The van der Waals surface area contributed by atoms with E-state index in [9.17, 15) is 9.59 Å². The van der Waals surface area contributed by atoms with E-state index in [4.69, 9.17) is 4.74 Å². The van der Waals surface area contributed by atoms with Gasteiger partial charge in [0.1, 0.15) is 5.75 Å². The summed E-state index contributed by atoms with van der Waals surface area (Å²) in [6.07, 6.45) is -0.0672. The molecule has 2 unspecified atom stereocenters. The number of carbonyl (C=O) groups excluding carboxylic acids is 2. The molecule has 2 N–H and O–H groups in total. The molecule has 0 spiro atoms. The van der Waals surface area contributed by atoms with Crippen molar-refractivity contribution in [3.05, 3.63) is 72.3 Å². The molecule has 28 heavy (non-hydrogen) atoms. The number of nitrogens with one attached hydrogen (secondary N) is 2. The van der Waals surface area contributed by atoms with Crippen LogP contribution in [0.15, 0.2) is 66.7 Å². The number of para-hydroxylation sites is 2. The number of benzene rings is 3. The van der Waals surface area contributed by atoms with Crippen molar-refractivity contribution in [3.8, 4) is 5.75 Å². The highest BCUT2D eigenvalue weighted by Crippen LogP contribution is 2.35. The minimum Gasteiger partial charge on any atom is -0.475 e. The monoisotopic (exact) mass is 374 g/mol. The molecule has 0 aliphatic carbocycles. The minimum absolute atomic E-state index is 0.0672. The van der Waals surface area contributed by atoms with Gasteiger partial charge in [-0.2, -0.15) is 0 Å². The van der Waals surface area contributed by atoms with Crippen molar-refractivity contribution in [1.82, 2.24) is 5.32 Å². The predicted molar refractivity (Wildman–Crippen MR) is 109 cm³/mol. The number of hydrogen-bond donors (Lipinski definition) is 2. The van der Waals surface area contributed by atoms with Crippen LogP contribution in [-0.4, -0.2) is 17.4 Å². The van der Waals surface area contributed by atoms with Crippen molar-refractivity contribution in [2.24, 2.45) is 0 Å². The van der Waals surface area contributed by atoms with Gasteiger partial charge >= 0.3 is 0 Å². The lowest BCUT2D eigenvalue weighted by molar-refractivity contribution is -0.138. The summed E-state index contributed by atoms with van der Waals surface area (Å²) < 4.78 is 5.89. The second-order valence-corrected chi connectivity index (χ2v) is 7.32. The molecule has 0 fully saturated rings. The first-order valence-electron chi connectivity index (χ1n) is 9.33. The molecule has 2 atom stereocenters. The highest BCUT2D eigenvalue weighted by molar-refractivity contribution is 6.02. The van der Waals surface area contributed by atoms with Crippen LogP contribution in [0.1, 0.15) is 31.9 Å². The van der Waals surface area contributed by atoms with E-state index in [2.05, 4.69) is 10.6 Å². The fourth-order valence-corrected chi connectivity index (χ4v) is 3.62. The van der Waals surface area contributed by atoms with Crippen molar-refractivity contribution in [2.75, 3.05) is 5.32 Å². The third-order valence-corrected chi connectivity index (χ3v) is 5.12. The van der Waals surface area contributed by atoms with Crippen molar-refractivity contribution in [1.29, 1.82) is 0 Å². The molecule has 1 aliphatic heterocycles. The van der Waals surface area contributed by atoms with E-state index in [0.29, 0.717) is 11.4 Å². The molecule has 142 valence electrons. The standard InChI is InChI=1S/C23H22N2O3/c1-15(17-11-7-9-16-8-3-4-10-18(16)17)24-21(26)14-23(2)22(27)25-19-12-5-6-13-20(19)28-23/h3-13,15H,14H2,1-2H3,(H,24,26)(H,25,27). The molecule has 3 aromatic carbocycles. The number of amides is 2. The largest absolute Gasteiger partial charge is 0.475 e. The molecule has 1 heterocycles. The van der Waals surface area contributed by atoms with E-state index in [0.717, 1.165) is 16.3 Å². The Morgan fingerprint density at radius 3 is 2.64 bits per heavy atom. The summed E-state index contributed by atoms with van der Waals surface area (Å²) in [5.41, 5.74) is 0.405. The van der Waals surface area contributed by atoms with Crippen LogP contribution in [0.25, 0.3) is 10.8 Å². The zero-order valence-electron chi connectivity index (χ0n) is 15.9. The molecule has 5 nitrogen and oxygen atoms in total. The number of carbonyl (C=O) groups is 2. The van der Waals surface area contributed by atoms with Gasteiger partial charge in [0.15, 0.2) is 5.60 Å². The molecule has 0 saturated heterocycles. The fraction of sp³-hybridized carbons (Fsp3) is 0.217. The molecular weight excluding hydrogens is 352 g/mol.